The Kier molecular flexibility index (Phi) is 4.77. The van der Waals surface area contributed by atoms with Crippen molar-refractivity contribution in [3.05, 3.63) is 41.3 Å². The highest BCUT2D eigenvalue weighted by Crippen LogP contribution is 2.28. The van der Waals surface area contributed by atoms with E-state index in [0.29, 0.717) is 10.6 Å². The Morgan fingerprint density at radius 3 is 2.83 bits per heavy atom. The van der Waals surface area contributed by atoms with Crippen molar-refractivity contribution in [2.45, 2.75) is 0 Å². The maximum absolute atomic E-state index is 12.3. The fourth-order valence-electron chi connectivity index (χ4n) is 2.15. The van der Waals surface area contributed by atoms with Gasteiger partial charge in [0.25, 0.3) is 0 Å². The van der Waals surface area contributed by atoms with Crippen LogP contribution < -0.4 is 10.2 Å². The number of hydrogen-bond donors (Lipinski definition) is 1. The first-order valence-electron chi connectivity index (χ1n) is 7.11. The van der Waals surface area contributed by atoms with Crippen molar-refractivity contribution in [3.63, 3.8) is 0 Å². The summed E-state index contributed by atoms with van der Waals surface area (Å²) in [6.07, 6.45) is 0. The van der Waals surface area contributed by atoms with Crippen LogP contribution in [-0.4, -0.2) is 37.6 Å². The molecule has 1 amide bonds. The van der Waals surface area contributed by atoms with Crippen LogP contribution in [0.5, 0.6) is 0 Å². The number of carbonyl (C=O) groups is 2. The molecule has 0 saturated carbocycles. The molecule has 3 rings (SSSR count). The molecule has 0 bridgehead atoms. The molecule has 6 nitrogen and oxygen atoms in total. The highest BCUT2D eigenvalue weighted by atomic mass is 32.1. The van der Waals surface area contributed by atoms with Crippen molar-refractivity contribution >= 4 is 54.9 Å². The summed E-state index contributed by atoms with van der Waals surface area (Å²) in [7, 11) is 3.12. The normalized spacial score (nSPS) is 10.6. The van der Waals surface area contributed by atoms with E-state index >= 15 is 0 Å². The van der Waals surface area contributed by atoms with Crippen LogP contribution in [0.4, 0.5) is 10.1 Å². The van der Waals surface area contributed by atoms with Crippen LogP contribution in [0.15, 0.2) is 35.7 Å². The van der Waals surface area contributed by atoms with Crippen LogP contribution in [0.3, 0.4) is 0 Å². The number of likely N-dealkylation sites (N-methyl/N-ethyl adjacent to an activating group) is 1. The van der Waals surface area contributed by atoms with E-state index in [9.17, 15) is 9.59 Å². The van der Waals surface area contributed by atoms with Crippen LogP contribution in [0.1, 0.15) is 10.4 Å². The Hall–Kier alpha value is -2.45. The Morgan fingerprint density at radius 1 is 1.29 bits per heavy atom. The van der Waals surface area contributed by atoms with Gasteiger partial charge < -0.3 is 15.0 Å². The Labute approximate surface area is 146 Å². The van der Waals surface area contributed by atoms with E-state index < -0.39 is 5.97 Å². The topological polar surface area (TPSA) is 71.5 Å². The van der Waals surface area contributed by atoms with E-state index in [-0.39, 0.29) is 12.5 Å². The Morgan fingerprint density at radius 2 is 2.08 bits per heavy atom. The minimum absolute atomic E-state index is 0.137. The van der Waals surface area contributed by atoms with Crippen molar-refractivity contribution in [2.24, 2.45) is 0 Å². The van der Waals surface area contributed by atoms with Gasteiger partial charge >= 0.3 is 5.97 Å². The van der Waals surface area contributed by atoms with Gasteiger partial charge in [0, 0.05) is 7.05 Å². The van der Waals surface area contributed by atoms with E-state index in [2.05, 4.69) is 10.3 Å². The lowest BCUT2D eigenvalue weighted by atomic mass is 10.3. The van der Waals surface area contributed by atoms with Gasteiger partial charge in [0.05, 0.1) is 29.4 Å². The van der Waals surface area contributed by atoms with Gasteiger partial charge in [-0.15, -0.1) is 11.3 Å². The van der Waals surface area contributed by atoms with Crippen molar-refractivity contribution in [3.8, 4) is 0 Å². The zero-order valence-corrected chi connectivity index (χ0v) is 14.7. The molecule has 3 aromatic rings. The molecule has 1 N–H and O–H groups in total. The fourth-order valence-corrected chi connectivity index (χ4v) is 3.87. The molecule has 0 aliphatic carbocycles. The number of carbonyl (C=O) groups excluding carboxylic acids is 2. The van der Waals surface area contributed by atoms with Gasteiger partial charge in [0.2, 0.25) is 5.91 Å². The predicted octanol–water partition coefficient (Wildman–Crippen LogP) is 3.22. The maximum Gasteiger partial charge on any atom is 0.340 e. The number of fused-ring (bicyclic) bond motifs is 1. The molecule has 0 radical (unpaired) electrons. The predicted molar refractivity (Wildman–Crippen MR) is 97.2 cm³/mol. The molecule has 2 heterocycles. The van der Waals surface area contributed by atoms with E-state index in [1.165, 1.54) is 29.8 Å². The summed E-state index contributed by atoms with van der Waals surface area (Å²) in [4.78, 5) is 30.2. The Bertz CT molecular complexity index is 854. The molecular weight excluding hydrogens is 346 g/mol. The van der Waals surface area contributed by atoms with Crippen LogP contribution >= 0.6 is 22.7 Å². The molecule has 24 heavy (non-hydrogen) atoms. The van der Waals surface area contributed by atoms with Crippen LogP contribution in [0, 0.1) is 0 Å². The molecule has 0 fully saturated rings. The van der Waals surface area contributed by atoms with E-state index in [1.807, 2.05) is 31.3 Å². The summed E-state index contributed by atoms with van der Waals surface area (Å²) in [6, 6.07) is 9.46. The second-order valence-electron chi connectivity index (χ2n) is 5.02. The third kappa shape index (κ3) is 3.39. The van der Waals surface area contributed by atoms with Crippen molar-refractivity contribution in [1.82, 2.24) is 4.98 Å². The quantitative estimate of drug-likeness (QED) is 0.707. The standard InChI is InChI=1S/C16H15N3O3S2/c1-19(16-17-11-5-3-4-6-12(11)24-16)9-13(20)18-14-10(7-8-23-14)15(21)22-2/h3-8H,9H2,1-2H3,(H,18,20). The molecule has 8 heteroatoms. The number of hydrogen-bond acceptors (Lipinski definition) is 7. The Balaban J connectivity index is 1.68. The highest BCUT2D eigenvalue weighted by Gasteiger charge is 2.17. The number of esters is 1. The fraction of sp³-hybridized carbons (Fsp3) is 0.188. The molecular formula is C16H15N3O3S2. The molecule has 2 aromatic heterocycles. The van der Waals surface area contributed by atoms with Crippen LogP contribution in [0.25, 0.3) is 10.2 Å². The summed E-state index contributed by atoms with van der Waals surface area (Å²) in [5, 5.41) is 5.75. The van der Waals surface area contributed by atoms with Gasteiger partial charge in [-0.25, -0.2) is 9.78 Å². The van der Waals surface area contributed by atoms with Crippen LogP contribution in [-0.2, 0) is 9.53 Å². The highest BCUT2D eigenvalue weighted by molar-refractivity contribution is 7.22. The monoisotopic (exact) mass is 361 g/mol. The number of nitrogens with one attached hydrogen (secondary N) is 1. The number of methoxy groups -OCH3 is 1. The molecule has 0 aliphatic heterocycles. The number of nitrogens with zero attached hydrogens (tertiary/aromatic N) is 2. The maximum atomic E-state index is 12.3. The van der Waals surface area contributed by atoms with Gasteiger partial charge in [0.1, 0.15) is 5.00 Å². The van der Waals surface area contributed by atoms with Gasteiger partial charge in [-0.1, -0.05) is 23.5 Å². The van der Waals surface area contributed by atoms with E-state index in [4.69, 9.17) is 4.74 Å². The SMILES string of the molecule is COC(=O)c1ccsc1NC(=O)CN(C)c1nc2ccccc2s1. The summed E-state index contributed by atoms with van der Waals surface area (Å²) >= 11 is 2.81. The number of aromatic nitrogens is 1. The third-order valence-electron chi connectivity index (χ3n) is 3.31. The summed E-state index contributed by atoms with van der Waals surface area (Å²) < 4.78 is 5.77. The number of rotatable bonds is 5. The molecule has 1 aromatic carbocycles. The average Bonchev–Trinajstić information content (AvgIpc) is 3.20. The van der Waals surface area contributed by atoms with Crippen molar-refractivity contribution in [1.29, 1.82) is 0 Å². The number of thiophene rings is 1. The lowest BCUT2D eigenvalue weighted by Crippen LogP contribution is -2.30. The zero-order chi connectivity index (χ0) is 17.1. The van der Waals surface area contributed by atoms with E-state index in [1.54, 1.807) is 16.3 Å². The first-order chi connectivity index (χ1) is 11.6. The second-order valence-corrected chi connectivity index (χ2v) is 6.95. The average molecular weight is 361 g/mol. The molecule has 0 aliphatic rings. The van der Waals surface area contributed by atoms with Gasteiger partial charge in [0.15, 0.2) is 5.13 Å². The number of para-hydroxylation sites is 1. The second kappa shape index (κ2) is 6.98. The van der Waals surface area contributed by atoms with E-state index in [0.717, 1.165) is 15.3 Å². The molecule has 124 valence electrons. The smallest absolute Gasteiger partial charge is 0.340 e. The lowest BCUT2D eigenvalue weighted by molar-refractivity contribution is -0.114. The minimum atomic E-state index is -0.467. The molecule has 0 saturated heterocycles. The van der Waals surface area contributed by atoms with Gasteiger partial charge in [-0.05, 0) is 23.6 Å². The number of anilines is 2. The largest absolute Gasteiger partial charge is 0.465 e. The lowest BCUT2D eigenvalue weighted by Gasteiger charge is -2.15. The molecule has 0 spiro atoms. The first-order valence-corrected chi connectivity index (χ1v) is 8.80. The zero-order valence-electron chi connectivity index (χ0n) is 13.1. The van der Waals surface area contributed by atoms with Gasteiger partial charge in [-0.3, -0.25) is 4.79 Å². The number of benzene rings is 1. The number of ether oxygens (including phenoxy) is 1. The number of thiazole rings is 1. The molecule has 0 unspecified atom stereocenters. The third-order valence-corrected chi connectivity index (χ3v) is 5.29. The van der Waals surface area contributed by atoms with Crippen LogP contribution in [0.2, 0.25) is 0 Å². The van der Waals surface area contributed by atoms with Crippen molar-refractivity contribution in [2.75, 3.05) is 30.9 Å². The summed E-state index contributed by atoms with van der Waals surface area (Å²) in [6.45, 7) is 0.137. The minimum Gasteiger partial charge on any atom is -0.465 e. The molecule has 0 atom stereocenters. The summed E-state index contributed by atoms with van der Waals surface area (Å²) in [5.41, 5.74) is 1.27. The first kappa shape index (κ1) is 16.4. The van der Waals surface area contributed by atoms with Gasteiger partial charge in [-0.2, -0.15) is 0 Å². The number of amides is 1. The van der Waals surface area contributed by atoms with Crippen molar-refractivity contribution < 1.29 is 14.3 Å². The summed E-state index contributed by atoms with van der Waals surface area (Å²) in [5.74, 6) is -0.685.